The minimum atomic E-state index is 0. The summed E-state index contributed by atoms with van der Waals surface area (Å²) in [6.07, 6.45) is 0. The molecule has 0 aliphatic heterocycles. The Balaban J connectivity index is 0. The van der Waals surface area contributed by atoms with Crippen molar-refractivity contribution in [3.8, 4) is 0 Å². The topological polar surface area (TPSA) is 0 Å². The van der Waals surface area contributed by atoms with Crippen LogP contribution in [0.2, 0.25) is 0 Å². The molecule has 0 unspecified atom stereocenters. The smallest absolute Gasteiger partial charge is 1.00 e. The first-order chi connectivity index (χ1) is 0. The van der Waals surface area contributed by atoms with Crippen molar-refractivity contribution in [2.45, 2.75) is 0 Å². The molecule has 0 spiro atoms. The molecule has 0 aliphatic rings. The van der Waals surface area contributed by atoms with E-state index in [1.807, 2.05) is 0 Å². The van der Waals surface area contributed by atoms with Gasteiger partial charge in [-0.1, -0.05) is 0 Å². The zero-order valence-electron chi connectivity index (χ0n) is 3.22. The number of hydrogen-bond acceptors (Lipinski definition) is 0. The fourth-order valence-corrected chi connectivity index (χ4v) is 0. The summed E-state index contributed by atoms with van der Waals surface area (Å²) in [6.45, 7) is 0. The summed E-state index contributed by atoms with van der Waals surface area (Å²) in [5, 5.41) is 0. The zero-order chi connectivity index (χ0) is 0. The van der Waals surface area contributed by atoms with Crippen LogP contribution in [0.15, 0.2) is 0 Å². The van der Waals surface area contributed by atoms with Crippen LogP contribution in [-0.2, 0) is 61.3 Å². The van der Waals surface area contributed by atoms with Gasteiger partial charge in [-0.3, -0.25) is 0 Å². The van der Waals surface area contributed by atoms with E-state index >= 15 is 0 Å². The van der Waals surface area contributed by atoms with E-state index < -0.39 is 0 Å². The van der Waals surface area contributed by atoms with Crippen LogP contribution in [0, 0.1) is 0 Å². The second-order valence-corrected chi connectivity index (χ2v) is 0. The molecule has 9 heteroatoms. The van der Waals surface area contributed by atoms with E-state index in [9.17, 15) is 0 Å². The molecule has 0 heterocycles. The Morgan fingerprint density at radius 2 is 0.222 bits per heavy atom. The molecular weight excluding hydrogens is 532 g/mol. The Morgan fingerprint density at radius 1 is 0.222 bits per heavy atom. The first-order valence-corrected chi connectivity index (χ1v) is 0. The van der Waals surface area contributed by atoms with Gasteiger partial charge >= 0.3 is 61.3 Å². The molecule has 0 fully saturated rings. The van der Waals surface area contributed by atoms with E-state index in [0.29, 0.717) is 0 Å². The average Bonchev–Trinajstić information content (AvgIpc) is 0. The molecule has 9 heavy (non-hydrogen) atoms. The van der Waals surface area contributed by atoms with Crippen molar-refractivity contribution in [3.63, 3.8) is 0 Å². The first-order valence-electron chi connectivity index (χ1n) is 0. The minimum Gasteiger partial charge on any atom is -1.00 e. The fourth-order valence-electron chi connectivity index (χ4n) is 0. The molecule has 0 aromatic carbocycles. The van der Waals surface area contributed by atoms with Crippen molar-refractivity contribution in [1.29, 1.82) is 0 Å². The Labute approximate surface area is 134 Å². The third kappa shape index (κ3) is 79.9. The monoisotopic (exact) mass is 528 g/mol. The second kappa shape index (κ2) is 97.1. The van der Waals surface area contributed by atoms with E-state index in [-0.39, 0.29) is 136 Å². The van der Waals surface area contributed by atoms with Crippen molar-refractivity contribution in [2.24, 2.45) is 0 Å². The Hall–Kier alpha value is 3.73. The van der Waals surface area contributed by atoms with Crippen LogP contribution in [0.3, 0.4) is 0 Å². The van der Waals surface area contributed by atoms with E-state index in [1.54, 1.807) is 0 Å². The molecule has 0 amide bonds. The molecule has 0 aromatic rings. The van der Waals surface area contributed by atoms with Crippen molar-refractivity contribution >= 4 is 0 Å². The summed E-state index contributed by atoms with van der Waals surface area (Å²) >= 11 is 0. The van der Waals surface area contributed by atoms with Crippen molar-refractivity contribution < 1.29 is 136 Å². The van der Waals surface area contributed by atoms with Gasteiger partial charge in [0.25, 0.3) is 0 Å². The van der Waals surface area contributed by atoms with Gasteiger partial charge in [0, 0.05) is 0 Å². The van der Waals surface area contributed by atoms with Crippen LogP contribution < -0.4 is 74.4 Å². The van der Waals surface area contributed by atoms with E-state index in [0.717, 1.165) is 0 Å². The molecule has 72 valence electrons. The first kappa shape index (κ1) is 126. The maximum atomic E-state index is 0. The summed E-state index contributed by atoms with van der Waals surface area (Å²) in [6, 6.07) is 0. The van der Waals surface area contributed by atoms with Crippen LogP contribution in [0.1, 0.15) is 0 Å². The molecule has 0 saturated carbocycles. The predicted octanol–water partition coefficient (Wildman–Crippen LogP) is -18.0. The van der Waals surface area contributed by atoms with Gasteiger partial charge in [0.05, 0.1) is 0 Å². The van der Waals surface area contributed by atoms with Crippen LogP contribution in [0.5, 0.6) is 0 Å². The Morgan fingerprint density at radius 3 is 0.222 bits per heavy atom. The van der Waals surface area contributed by atoms with Gasteiger partial charge in [-0.15, -0.1) is 0 Å². The van der Waals surface area contributed by atoms with Gasteiger partial charge in [0.1, 0.15) is 0 Å². The van der Waals surface area contributed by atoms with Crippen molar-refractivity contribution in [2.75, 3.05) is 0 Å². The molecule has 0 radical (unpaired) electrons. The fraction of sp³-hybridized carbons (Fsp3) is 0. The summed E-state index contributed by atoms with van der Waals surface area (Å²) in [5.74, 6) is 0. The predicted molar refractivity (Wildman–Crippen MR) is 0 cm³/mol. The van der Waals surface area contributed by atoms with E-state index in [2.05, 4.69) is 0 Å². The Bertz CT molecular complexity index is 8.26. The standard InChI is InChI=1S/6ClH.3Pd/h6*1H;;;/q;;;;;;3*+2/p-6. The molecule has 0 rings (SSSR count). The maximum Gasteiger partial charge on any atom is 2.00 e. The quantitative estimate of drug-likeness (QED) is 0.273. The van der Waals surface area contributed by atoms with Crippen molar-refractivity contribution in [1.82, 2.24) is 0 Å². The molecule has 0 nitrogen and oxygen atoms in total. The van der Waals surface area contributed by atoms with Crippen LogP contribution in [0.25, 0.3) is 0 Å². The molecule has 0 atom stereocenters. The summed E-state index contributed by atoms with van der Waals surface area (Å²) in [5.41, 5.74) is 0. The third-order valence-corrected chi connectivity index (χ3v) is 0. The Kier molecular flexibility index (Phi) is 1360. The third-order valence-electron chi connectivity index (χ3n) is 0. The molecule has 0 saturated heterocycles. The van der Waals surface area contributed by atoms with E-state index in [4.69, 9.17) is 0 Å². The largest absolute Gasteiger partial charge is 2.00 e. The average molecular weight is 532 g/mol. The zero-order valence-corrected chi connectivity index (χ0v) is 12.4. The van der Waals surface area contributed by atoms with Crippen molar-refractivity contribution in [3.05, 3.63) is 0 Å². The van der Waals surface area contributed by atoms with Gasteiger partial charge in [-0.25, -0.2) is 0 Å². The summed E-state index contributed by atoms with van der Waals surface area (Å²) in [7, 11) is 0. The minimum absolute atomic E-state index is 0. The number of halogens is 6. The summed E-state index contributed by atoms with van der Waals surface area (Å²) < 4.78 is 0. The van der Waals surface area contributed by atoms with Gasteiger partial charge in [0.2, 0.25) is 0 Å². The van der Waals surface area contributed by atoms with Gasteiger partial charge in [0.15, 0.2) is 0 Å². The number of rotatable bonds is 0. The second-order valence-electron chi connectivity index (χ2n) is 0. The van der Waals surface area contributed by atoms with E-state index in [1.165, 1.54) is 0 Å². The molecule has 0 aliphatic carbocycles. The number of hydrogen-bond donors (Lipinski definition) is 0. The molecule has 0 N–H and O–H groups in total. The summed E-state index contributed by atoms with van der Waals surface area (Å²) in [4.78, 5) is 0. The SMILES string of the molecule is [Cl-].[Cl-].[Cl-].[Cl-].[Cl-].[Cl-].[Pd+2].[Pd+2].[Pd+2]. The molecule has 0 aromatic heterocycles. The van der Waals surface area contributed by atoms with Gasteiger partial charge in [-0.05, 0) is 0 Å². The van der Waals surface area contributed by atoms with Gasteiger partial charge in [-0.2, -0.15) is 0 Å². The molecular formula is Cl6Pd3. The van der Waals surface area contributed by atoms with Crippen LogP contribution in [-0.4, -0.2) is 0 Å². The maximum absolute atomic E-state index is 0. The molecule has 0 bridgehead atoms. The van der Waals surface area contributed by atoms with Crippen LogP contribution in [0.4, 0.5) is 0 Å². The van der Waals surface area contributed by atoms with Crippen LogP contribution >= 0.6 is 0 Å². The van der Waals surface area contributed by atoms with Gasteiger partial charge < -0.3 is 74.4 Å². The normalized spacial score (nSPS) is 0.